The zero-order chi connectivity index (χ0) is 18.6. The van der Waals surface area contributed by atoms with Crippen molar-refractivity contribution in [2.75, 3.05) is 32.3 Å². The van der Waals surface area contributed by atoms with Crippen molar-refractivity contribution in [3.63, 3.8) is 0 Å². The summed E-state index contributed by atoms with van der Waals surface area (Å²) in [6.07, 6.45) is 0.842. The van der Waals surface area contributed by atoms with Gasteiger partial charge in [-0.3, -0.25) is 4.79 Å². The molecule has 7 heteroatoms. The van der Waals surface area contributed by atoms with Crippen LogP contribution in [0.4, 0.5) is 0 Å². The Morgan fingerprint density at radius 1 is 1.32 bits per heavy atom. The van der Waals surface area contributed by atoms with Gasteiger partial charge in [-0.25, -0.2) is 8.42 Å². The van der Waals surface area contributed by atoms with Crippen LogP contribution in [-0.2, 0) is 14.6 Å². The number of ether oxygens (including phenoxy) is 2. The molecule has 0 saturated carbocycles. The first-order valence-electron chi connectivity index (χ1n) is 8.53. The molecule has 1 amide bonds. The molecule has 1 fully saturated rings. The minimum absolute atomic E-state index is 0.0185. The van der Waals surface area contributed by atoms with Crippen LogP contribution in [0.2, 0.25) is 0 Å². The molecule has 0 aliphatic carbocycles. The Morgan fingerprint density at radius 3 is 2.56 bits per heavy atom. The molecule has 1 heterocycles. The van der Waals surface area contributed by atoms with Gasteiger partial charge in [0.1, 0.15) is 11.5 Å². The molecule has 2 rings (SSSR count). The lowest BCUT2D eigenvalue weighted by Gasteiger charge is -2.28. The molecule has 25 heavy (non-hydrogen) atoms. The largest absolute Gasteiger partial charge is 0.497 e. The van der Waals surface area contributed by atoms with Gasteiger partial charge in [0.05, 0.1) is 25.7 Å². The molecular formula is C18H27NO5S. The van der Waals surface area contributed by atoms with Crippen LogP contribution < -0.4 is 9.47 Å². The molecule has 1 aromatic carbocycles. The summed E-state index contributed by atoms with van der Waals surface area (Å²) in [5.41, 5.74) is 0.937. The van der Waals surface area contributed by atoms with E-state index in [4.69, 9.17) is 9.47 Å². The fourth-order valence-corrected chi connectivity index (χ4v) is 5.10. The highest BCUT2D eigenvalue weighted by molar-refractivity contribution is 7.91. The molecular weight excluding hydrogens is 342 g/mol. The normalized spacial score (nSPS) is 20.1. The zero-order valence-corrected chi connectivity index (χ0v) is 16.1. The summed E-state index contributed by atoms with van der Waals surface area (Å²) in [4.78, 5) is 14.4. The van der Waals surface area contributed by atoms with E-state index in [1.807, 2.05) is 26.0 Å². The third-order valence-corrected chi connectivity index (χ3v) is 6.51. The van der Waals surface area contributed by atoms with E-state index in [0.717, 1.165) is 5.56 Å². The number of carbonyl (C=O) groups is 1. The molecule has 140 valence electrons. The van der Waals surface area contributed by atoms with Crippen LogP contribution in [0.15, 0.2) is 18.2 Å². The van der Waals surface area contributed by atoms with Gasteiger partial charge in [0.15, 0.2) is 9.84 Å². The van der Waals surface area contributed by atoms with Crippen LogP contribution >= 0.6 is 0 Å². The molecule has 1 saturated heterocycles. The van der Waals surface area contributed by atoms with Crippen molar-refractivity contribution in [2.24, 2.45) is 0 Å². The summed E-state index contributed by atoms with van der Waals surface area (Å²) in [5, 5.41) is 0. The van der Waals surface area contributed by atoms with E-state index in [0.29, 0.717) is 30.9 Å². The predicted octanol–water partition coefficient (Wildman–Crippen LogP) is 2.23. The maximum Gasteiger partial charge on any atom is 0.223 e. The summed E-state index contributed by atoms with van der Waals surface area (Å²) in [7, 11) is 0.174. The van der Waals surface area contributed by atoms with Crippen LogP contribution in [0.1, 0.15) is 38.2 Å². The smallest absolute Gasteiger partial charge is 0.223 e. The van der Waals surface area contributed by atoms with Crippen molar-refractivity contribution < 1.29 is 22.7 Å². The third-order valence-electron chi connectivity index (χ3n) is 4.76. The number of benzene rings is 1. The molecule has 0 N–H and O–H groups in total. The summed E-state index contributed by atoms with van der Waals surface area (Å²) < 4.78 is 34.0. The van der Waals surface area contributed by atoms with Gasteiger partial charge in [0.25, 0.3) is 0 Å². The van der Waals surface area contributed by atoms with Gasteiger partial charge in [-0.2, -0.15) is 0 Å². The van der Waals surface area contributed by atoms with E-state index >= 15 is 0 Å². The summed E-state index contributed by atoms with van der Waals surface area (Å²) in [5.74, 6) is 1.57. The van der Waals surface area contributed by atoms with Crippen molar-refractivity contribution in [1.29, 1.82) is 0 Å². The van der Waals surface area contributed by atoms with Gasteiger partial charge >= 0.3 is 0 Å². The van der Waals surface area contributed by atoms with Gasteiger partial charge in [-0.05, 0) is 30.9 Å². The monoisotopic (exact) mass is 369 g/mol. The van der Waals surface area contributed by atoms with Gasteiger partial charge in [0.2, 0.25) is 5.91 Å². The lowest BCUT2D eigenvalue weighted by molar-refractivity contribution is -0.133. The van der Waals surface area contributed by atoms with E-state index in [-0.39, 0.29) is 29.4 Å². The number of amides is 1. The Hall–Kier alpha value is -1.76. The first kappa shape index (κ1) is 19.6. The number of methoxy groups -OCH3 is 2. The summed E-state index contributed by atoms with van der Waals surface area (Å²) >= 11 is 0. The molecule has 1 aliphatic heterocycles. The molecule has 0 bridgehead atoms. The minimum atomic E-state index is -3.01. The molecule has 0 aromatic heterocycles. The summed E-state index contributed by atoms with van der Waals surface area (Å²) in [6, 6.07) is 5.36. The van der Waals surface area contributed by atoms with Crippen LogP contribution in [0, 0.1) is 0 Å². The van der Waals surface area contributed by atoms with Crippen molar-refractivity contribution in [1.82, 2.24) is 4.90 Å². The molecule has 0 radical (unpaired) electrons. The van der Waals surface area contributed by atoms with Gasteiger partial charge in [-0.1, -0.05) is 13.0 Å². The molecule has 2 unspecified atom stereocenters. The number of rotatable bonds is 7. The second-order valence-corrected chi connectivity index (χ2v) is 8.68. The van der Waals surface area contributed by atoms with Crippen molar-refractivity contribution in [2.45, 2.75) is 38.6 Å². The Labute approximate surface area is 150 Å². The second-order valence-electron chi connectivity index (χ2n) is 6.45. The Balaban J connectivity index is 2.11. The quantitative estimate of drug-likeness (QED) is 0.737. The number of hydrogen-bond acceptors (Lipinski definition) is 5. The first-order chi connectivity index (χ1) is 11.8. The average Bonchev–Trinajstić information content (AvgIpc) is 2.94. The fourth-order valence-electron chi connectivity index (χ4n) is 3.37. The first-order valence-corrected chi connectivity index (χ1v) is 10.3. The third kappa shape index (κ3) is 4.66. The van der Waals surface area contributed by atoms with Crippen molar-refractivity contribution >= 4 is 15.7 Å². The lowest BCUT2D eigenvalue weighted by atomic mass is 9.95. The van der Waals surface area contributed by atoms with E-state index in [2.05, 4.69) is 0 Å². The maximum absolute atomic E-state index is 12.7. The topological polar surface area (TPSA) is 72.9 Å². The van der Waals surface area contributed by atoms with Gasteiger partial charge in [0, 0.05) is 25.1 Å². The number of sulfone groups is 1. The van der Waals surface area contributed by atoms with Gasteiger partial charge in [-0.15, -0.1) is 0 Å². The van der Waals surface area contributed by atoms with Crippen LogP contribution in [0.5, 0.6) is 11.5 Å². The zero-order valence-electron chi connectivity index (χ0n) is 15.3. The molecule has 6 nitrogen and oxygen atoms in total. The highest BCUT2D eigenvalue weighted by atomic mass is 32.2. The van der Waals surface area contributed by atoms with Crippen LogP contribution in [-0.4, -0.2) is 57.5 Å². The van der Waals surface area contributed by atoms with E-state index in [1.54, 1.807) is 25.2 Å². The Bertz CT molecular complexity index is 716. The van der Waals surface area contributed by atoms with Crippen LogP contribution in [0.25, 0.3) is 0 Å². The SMILES string of the molecule is CCN(C(=O)CC(C)c1ccc(OC)cc1OC)C1CCS(=O)(=O)C1. The minimum Gasteiger partial charge on any atom is -0.497 e. The molecule has 0 spiro atoms. The average molecular weight is 369 g/mol. The Morgan fingerprint density at radius 2 is 2.04 bits per heavy atom. The highest BCUT2D eigenvalue weighted by Gasteiger charge is 2.34. The molecule has 1 aliphatic rings. The van der Waals surface area contributed by atoms with Crippen molar-refractivity contribution in [3.8, 4) is 11.5 Å². The lowest BCUT2D eigenvalue weighted by Crippen LogP contribution is -2.41. The van der Waals surface area contributed by atoms with Crippen LogP contribution in [0.3, 0.4) is 0 Å². The highest BCUT2D eigenvalue weighted by Crippen LogP contribution is 2.33. The van der Waals surface area contributed by atoms with Crippen molar-refractivity contribution in [3.05, 3.63) is 23.8 Å². The predicted molar refractivity (Wildman–Crippen MR) is 97.0 cm³/mol. The molecule has 1 aromatic rings. The number of nitrogens with zero attached hydrogens (tertiary/aromatic N) is 1. The molecule has 2 atom stereocenters. The fraction of sp³-hybridized carbons (Fsp3) is 0.611. The Kier molecular flexibility index (Phi) is 6.32. The van der Waals surface area contributed by atoms with E-state index in [1.165, 1.54) is 0 Å². The van der Waals surface area contributed by atoms with Gasteiger partial charge < -0.3 is 14.4 Å². The number of carbonyl (C=O) groups excluding carboxylic acids is 1. The standard InChI is InChI=1S/C18H27NO5S/c1-5-19(14-8-9-25(21,22)12-14)18(20)10-13(2)16-7-6-15(23-3)11-17(16)24-4/h6-7,11,13-14H,5,8-10,12H2,1-4H3. The number of hydrogen-bond donors (Lipinski definition) is 0. The second kappa shape index (κ2) is 8.08. The summed E-state index contributed by atoms with van der Waals surface area (Å²) in [6.45, 7) is 4.38. The van der Waals surface area contributed by atoms with E-state index < -0.39 is 9.84 Å². The van der Waals surface area contributed by atoms with E-state index in [9.17, 15) is 13.2 Å². The maximum atomic E-state index is 12.7.